The molecule has 24 heavy (non-hydrogen) atoms. The van der Waals surface area contributed by atoms with E-state index < -0.39 is 11.7 Å². The van der Waals surface area contributed by atoms with Crippen LogP contribution in [0.5, 0.6) is 0 Å². The van der Waals surface area contributed by atoms with Gasteiger partial charge in [0.15, 0.2) is 0 Å². The van der Waals surface area contributed by atoms with Gasteiger partial charge in [-0.1, -0.05) is 0 Å². The van der Waals surface area contributed by atoms with Crippen LogP contribution in [0.3, 0.4) is 0 Å². The number of aliphatic hydroxyl groups excluding tert-OH is 1. The lowest BCUT2D eigenvalue weighted by Crippen LogP contribution is -2.21. The fourth-order valence-corrected chi connectivity index (χ4v) is 2.24. The van der Waals surface area contributed by atoms with Gasteiger partial charge in [-0.25, -0.2) is 4.39 Å². The Kier molecular flexibility index (Phi) is 5.76. The summed E-state index contributed by atoms with van der Waals surface area (Å²) < 4.78 is 14.1. The van der Waals surface area contributed by atoms with E-state index in [0.29, 0.717) is 17.9 Å². The Morgan fingerprint density at radius 3 is 2.25 bits per heavy atom. The van der Waals surface area contributed by atoms with Gasteiger partial charge in [-0.3, -0.25) is 4.79 Å². The zero-order chi connectivity index (χ0) is 17.7. The van der Waals surface area contributed by atoms with Crippen molar-refractivity contribution in [3.63, 3.8) is 0 Å². The van der Waals surface area contributed by atoms with Crippen molar-refractivity contribution < 1.29 is 14.3 Å². The molecule has 2 N–H and O–H groups in total. The largest absolute Gasteiger partial charge is 0.395 e. The summed E-state index contributed by atoms with van der Waals surface area (Å²) in [5, 5.41) is 11.6. The summed E-state index contributed by atoms with van der Waals surface area (Å²) in [6.45, 7) is 0.590. The Morgan fingerprint density at radius 2 is 1.71 bits per heavy atom. The lowest BCUT2D eigenvalue weighted by molar-refractivity contribution is 0.102. The van der Waals surface area contributed by atoms with Gasteiger partial charge in [0, 0.05) is 44.7 Å². The van der Waals surface area contributed by atoms with Gasteiger partial charge in [-0.15, -0.1) is 0 Å². The van der Waals surface area contributed by atoms with Crippen LogP contribution in [-0.4, -0.2) is 45.3 Å². The number of hydrogen-bond acceptors (Lipinski definition) is 4. The Labute approximate surface area is 141 Å². The van der Waals surface area contributed by atoms with Gasteiger partial charge < -0.3 is 20.2 Å². The van der Waals surface area contributed by atoms with Crippen molar-refractivity contribution in [3.05, 3.63) is 53.8 Å². The summed E-state index contributed by atoms with van der Waals surface area (Å²) in [6.07, 6.45) is 0. The van der Waals surface area contributed by atoms with Crippen molar-refractivity contribution in [2.75, 3.05) is 49.4 Å². The highest BCUT2D eigenvalue weighted by molar-refractivity contribution is 6.04. The van der Waals surface area contributed by atoms with Gasteiger partial charge in [0.25, 0.3) is 5.91 Å². The number of amides is 1. The number of carbonyl (C=O) groups is 1. The molecule has 0 atom stereocenters. The van der Waals surface area contributed by atoms with Gasteiger partial charge in [-0.05, 0) is 42.5 Å². The fraction of sp³-hybridized carbons (Fsp3) is 0.278. The molecule has 0 heterocycles. The number of carbonyl (C=O) groups excluding carboxylic acids is 1. The number of anilines is 3. The average Bonchev–Trinajstić information content (AvgIpc) is 2.55. The fourth-order valence-electron chi connectivity index (χ4n) is 2.24. The minimum atomic E-state index is -0.557. The number of likely N-dealkylation sites (N-methyl/N-ethyl adjacent to an activating group) is 1. The summed E-state index contributed by atoms with van der Waals surface area (Å²) in [4.78, 5) is 15.9. The molecule has 0 unspecified atom stereocenters. The van der Waals surface area contributed by atoms with Crippen LogP contribution >= 0.6 is 0 Å². The quantitative estimate of drug-likeness (QED) is 0.854. The van der Waals surface area contributed by atoms with Crippen LogP contribution < -0.4 is 15.1 Å². The van der Waals surface area contributed by atoms with Gasteiger partial charge in [-0.2, -0.15) is 0 Å². The molecule has 0 fully saturated rings. The molecule has 0 aliphatic rings. The first kappa shape index (κ1) is 17.7. The Bertz CT molecular complexity index is 702. The minimum absolute atomic E-state index is 0.00192. The van der Waals surface area contributed by atoms with Gasteiger partial charge in [0.1, 0.15) is 5.82 Å². The second kappa shape index (κ2) is 7.79. The maximum Gasteiger partial charge on any atom is 0.258 e. The molecule has 2 rings (SSSR count). The Morgan fingerprint density at radius 1 is 1.08 bits per heavy atom. The maximum atomic E-state index is 14.1. The van der Waals surface area contributed by atoms with Gasteiger partial charge in [0.2, 0.25) is 0 Å². The van der Waals surface area contributed by atoms with E-state index in [9.17, 15) is 9.18 Å². The number of aliphatic hydroxyl groups is 1. The number of nitrogens with one attached hydrogen (secondary N) is 1. The lowest BCUT2D eigenvalue weighted by Gasteiger charge is -2.18. The molecule has 0 spiro atoms. The van der Waals surface area contributed by atoms with E-state index in [0.717, 1.165) is 5.69 Å². The molecule has 0 saturated heterocycles. The van der Waals surface area contributed by atoms with Crippen LogP contribution in [0.1, 0.15) is 10.4 Å². The van der Waals surface area contributed by atoms with Crippen LogP contribution in [0.25, 0.3) is 0 Å². The van der Waals surface area contributed by atoms with Crippen LogP contribution in [0.15, 0.2) is 42.5 Å². The zero-order valence-electron chi connectivity index (χ0n) is 14.1. The highest BCUT2D eigenvalue weighted by Crippen LogP contribution is 2.20. The molecule has 128 valence electrons. The highest BCUT2D eigenvalue weighted by atomic mass is 19.1. The predicted octanol–water partition coefficient (Wildman–Crippen LogP) is 2.57. The van der Waals surface area contributed by atoms with Crippen LogP contribution in [0.4, 0.5) is 21.5 Å². The van der Waals surface area contributed by atoms with Crippen LogP contribution in [-0.2, 0) is 0 Å². The summed E-state index contributed by atoms with van der Waals surface area (Å²) in [5.74, 6) is -1.05. The van der Waals surface area contributed by atoms with Crippen LogP contribution in [0.2, 0.25) is 0 Å². The van der Waals surface area contributed by atoms with Crippen molar-refractivity contribution in [2.24, 2.45) is 0 Å². The molecule has 6 heteroatoms. The second-order valence-corrected chi connectivity index (χ2v) is 5.70. The van der Waals surface area contributed by atoms with Crippen molar-refractivity contribution in [2.45, 2.75) is 0 Å². The topological polar surface area (TPSA) is 55.8 Å². The Hall–Kier alpha value is -2.60. The van der Waals surface area contributed by atoms with E-state index in [1.165, 1.54) is 12.1 Å². The molecule has 0 aromatic heterocycles. The maximum absolute atomic E-state index is 14.1. The molecule has 5 nitrogen and oxygen atoms in total. The van der Waals surface area contributed by atoms with E-state index in [-0.39, 0.29) is 12.2 Å². The molecule has 2 aromatic carbocycles. The zero-order valence-corrected chi connectivity index (χ0v) is 14.1. The molecule has 2 aromatic rings. The summed E-state index contributed by atoms with van der Waals surface area (Å²) in [7, 11) is 5.49. The lowest BCUT2D eigenvalue weighted by atomic mass is 10.1. The number of rotatable bonds is 6. The second-order valence-electron chi connectivity index (χ2n) is 5.70. The van der Waals surface area contributed by atoms with E-state index in [1.54, 1.807) is 23.1 Å². The standard InChI is InChI=1S/C18H22FN3O2/c1-21(2)15-8-9-16(17(19)12-15)18(24)20-13-4-6-14(7-5-13)22(3)10-11-23/h4-9,12,23H,10-11H2,1-3H3,(H,20,24). The third-order valence-corrected chi connectivity index (χ3v) is 3.72. The molecule has 0 saturated carbocycles. The molecular weight excluding hydrogens is 309 g/mol. The van der Waals surface area contributed by atoms with E-state index in [2.05, 4.69) is 5.32 Å². The van der Waals surface area contributed by atoms with E-state index in [4.69, 9.17) is 5.11 Å². The Balaban J connectivity index is 2.09. The number of hydrogen-bond donors (Lipinski definition) is 2. The van der Waals surface area contributed by atoms with Crippen molar-refractivity contribution >= 4 is 23.0 Å². The summed E-state index contributed by atoms with van der Waals surface area (Å²) >= 11 is 0. The summed E-state index contributed by atoms with van der Waals surface area (Å²) in [5.41, 5.74) is 2.20. The first-order valence-electron chi connectivity index (χ1n) is 7.62. The molecular formula is C18H22FN3O2. The SMILES string of the molecule is CN(C)c1ccc(C(=O)Nc2ccc(N(C)CCO)cc2)c(F)c1. The first-order valence-corrected chi connectivity index (χ1v) is 7.62. The van der Waals surface area contributed by atoms with Crippen molar-refractivity contribution in [3.8, 4) is 0 Å². The third-order valence-electron chi connectivity index (χ3n) is 3.72. The monoisotopic (exact) mass is 331 g/mol. The van der Waals surface area contributed by atoms with Gasteiger partial charge >= 0.3 is 0 Å². The number of benzene rings is 2. The highest BCUT2D eigenvalue weighted by Gasteiger charge is 2.13. The van der Waals surface area contributed by atoms with Crippen molar-refractivity contribution in [1.82, 2.24) is 0 Å². The average molecular weight is 331 g/mol. The van der Waals surface area contributed by atoms with Crippen molar-refractivity contribution in [1.29, 1.82) is 0 Å². The molecule has 0 bridgehead atoms. The van der Waals surface area contributed by atoms with E-state index in [1.807, 2.05) is 38.2 Å². The first-order chi connectivity index (χ1) is 11.4. The predicted molar refractivity (Wildman–Crippen MR) is 95.5 cm³/mol. The molecule has 0 radical (unpaired) electrons. The third kappa shape index (κ3) is 4.23. The van der Waals surface area contributed by atoms with Gasteiger partial charge in [0.05, 0.1) is 12.2 Å². The molecule has 0 aliphatic heterocycles. The normalized spacial score (nSPS) is 10.4. The summed E-state index contributed by atoms with van der Waals surface area (Å²) in [6, 6.07) is 11.7. The molecule has 1 amide bonds. The number of halogens is 1. The molecule has 0 aliphatic carbocycles. The van der Waals surface area contributed by atoms with Crippen LogP contribution in [0, 0.1) is 5.82 Å². The van der Waals surface area contributed by atoms with E-state index >= 15 is 0 Å². The number of nitrogens with zero attached hydrogens (tertiary/aromatic N) is 2. The smallest absolute Gasteiger partial charge is 0.258 e. The minimum Gasteiger partial charge on any atom is -0.395 e.